The first-order valence-corrected chi connectivity index (χ1v) is 6.65. The molecule has 3 rings (SSSR count). The van der Waals surface area contributed by atoms with Crippen molar-refractivity contribution in [3.8, 4) is 0 Å². The lowest BCUT2D eigenvalue weighted by Crippen LogP contribution is -1.96. The van der Waals surface area contributed by atoms with E-state index in [4.69, 9.17) is 0 Å². The molecule has 0 aliphatic heterocycles. The number of hydrogen-bond donors (Lipinski definition) is 0. The van der Waals surface area contributed by atoms with E-state index in [0.717, 1.165) is 6.42 Å². The van der Waals surface area contributed by atoms with Crippen LogP contribution in [0.2, 0.25) is 0 Å². The summed E-state index contributed by atoms with van der Waals surface area (Å²) in [6.07, 6.45) is 4.67. The van der Waals surface area contributed by atoms with Gasteiger partial charge in [0.15, 0.2) is 0 Å². The molecule has 0 saturated carbocycles. The molecule has 18 heavy (non-hydrogen) atoms. The lowest BCUT2D eigenvalue weighted by atomic mass is 9.93. The van der Waals surface area contributed by atoms with Crippen molar-refractivity contribution in [1.29, 1.82) is 0 Å². The van der Waals surface area contributed by atoms with E-state index >= 15 is 0 Å². The highest BCUT2D eigenvalue weighted by Crippen LogP contribution is 2.31. The Kier molecular flexibility index (Phi) is 3.02. The fourth-order valence-electron chi connectivity index (χ4n) is 2.78. The molecule has 0 unspecified atom stereocenters. The van der Waals surface area contributed by atoms with Crippen molar-refractivity contribution in [2.24, 2.45) is 0 Å². The van der Waals surface area contributed by atoms with Gasteiger partial charge in [0.2, 0.25) is 0 Å². The molecular formula is C18H18. The topological polar surface area (TPSA) is 0 Å². The van der Waals surface area contributed by atoms with E-state index in [1.165, 1.54) is 23.1 Å². The molecule has 0 amide bonds. The molecule has 0 spiro atoms. The fraction of sp³-hybridized carbons (Fsp3) is 0.222. The van der Waals surface area contributed by atoms with E-state index in [2.05, 4.69) is 67.6 Å². The Morgan fingerprint density at radius 2 is 1.67 bits per heavy atom. The maximum absolute atomic E-state index is 2.37. The summed E-state index contributed by atoms with van der Waals surface area (Å²) in [6, 6.07) is 19.5. The van der Waals surface area contributed by atoms with Crippen molar-refractivity contribution in [2.45, 2.75) is 25.7 Å². The summed E-state index contributed by atoms with van der Waals surface area (Å²) in [5.41, 5.74) is 5.89. The summed E-state index contributed by atoms with van der Waals surface area (Å²) in [5, 5.41) is 0. The predicted molar refractivity (Wildman–Crippen MR) is 77.6 cm³/mol. The van der Waals surface area contributed by atoms with Crippen molar-refractivity contribution in [2.75, 3.05) is 0 Å². The van der Waals surface area contributed by atoms with Crippen molar-refractivity contribution in [1.82, 2.24) is 0 Å². The zero-order valence-corrected chi connectivity index (χ0v) is 10.8. The van der Waals surface area contributed by atoms with Gasteiger partial charge < -0.3 is 0 Å². The minimum absolute atomic E-state index is 0.603. The van der Waals surface area contributed by atoms with Crippen LogP contribution in [0.25, 0.3) is 6.08 Å². The molecule has 0 nitrogen and oxygen atoms in total. The van der Waals surface area contributed by atoms with Crippen LogP contribution in [-0.2, 0) is 6.42 Å². The van der Waals surface area contributed by atoms with Crippen LogP contribution in [-0.4, -0.2) is 0 Å². The van der Waals surface area contributed by atoms with Gasteiger partial charge in [-0.3, -0.25) is 0 Å². The van der Waals surface area contributed by atoms with Gasteiger partial charge in [-0.05, 0) is 35.4 Å². The smallest absolute Gasteiger partial charge is 0.00576 e. The van der Waals surface area contributed by atoms with Gasteiger partial charge in [0.05, 0.1) is 0 Å². The molecule has 0 N–H and O–H groups in total. The number of rotatable bonds is 3. The monoisotopic (exact) mass is 234 g/mol. The molecule has 0 fully saturated rings. The second kappa shape index (κ2) is 4.81. The van der Waals surface area contributed by atoms with Gasteiger partial charge in [-0.2, -0.15) is 0 Å². The van der Waals surface area contributed by atoms with Crippen LogP contribution in [0.1, 0.15) is 36.0 Å². The van der Waals surface area contributed by atoms with Gasteiger partial charge >= 0.3 is 0 Å². The van der Waals surface area contributed by atoms with Crippen molar-refractivity contribution < 1.29 is 0 Å². The second-order valence-corrected chi connectivity index (χ2v) is 5.19. The molecule has 0 heteroatoms. The minimum Gasteiger partial charge on any atom is -0.0646 e. The lowest BCUT2D eigenvalue weighted by molar-refractivity contribution is 0.744. The summed E-state index contributed by atoms with van der Waals surface area (Å²) < 4.78 is 0. The van der Waals surface area contributed by atoms with Crippen LogP contribution in [0.3, 0.4) is 0 Å². The van der Waals surface area contributed by atoms with Gasteiger partial charge in [0.1, 0.15) is 0 Å². The molecule has 2 aromatic rings. The first-order chi connectivity index (χ1) is 8.83. The molecule has 0 saturated heterocycles. The van der Waals surface area contributed by atoms with Crippen LogP contribution in [0.4, 0.5) is 0 Å². The Balaban J connectivity index is 1.73. The summed E-state index contributed by atoms with van der Waals surface area (Å²) in [4.78, 5) is 0. The molecule has 1 aliphatic carbocycles. The predicted octanol–water partition coefficient (Wildman–Crippen LogP) is 4.82. The Hall–Kier alpha value is -1.82. The van der Waals surface area contributed by atoms with Crippen molar-refractivity contribution >= 4 is 6.08 Å². The Morgan fingerprint density at radius 3 is 2.44 bits per heavy atom. The average Bonchev–Trinajstić information content (AvgIpc) is 2.82. The Labute approximate surface area is 109 Å². The van der Waals surface area contributed by atoms with Crippen LogP contribution >= 0.6 is 0 Å². The summed E-state index contributed by atoms with van der Waals surface area (Å²) in [7, 11) is 0. The zero-order valence-electron chi connectivity index (χ0n) is 10.8. The summed E-state index contributed by atoms with van der Waals surface area (Å²) >= 11 is 0. The second-order valence-electron chi connectivity index (χ2n) is 5.19. The average molecular weight is 234 g/mol. The minimum atomic E-state index is 0.603. The molecular weight excluding hydrogens is 216 g/mol. The number of allylic oxidation sites excluding steroid dienone is 1. The summed E-state index contributed by atoms with van der Waals surface area (Å²) in [5.74, 6) is 0.603. The fourth-order valence-corrected chi connectivity index (χ4v) is 2.78. The summed E-state index contributed by atoms with van der Waals surface area (Å²) in [6.45, 7) is 2.32. The third-order valence-electron chi connectivity index (χ3n) is 3.77. The van der Waals surface area contributed by atoms with E-state index in [9.17, 15) is 0 Å². The van der Waals surface area contributed by atoms with Crippen LogP contribution in [0.5, 0.6) is 0 Å². The van der Waals surface area contributed by atoms with Gasteiger partial charge in [0, 0.05) is 0 Å². The number of benzene rings is 2. The molecule has 2 aromatic carbocycles. The normalized spacial score (nSPS) is 15.1. The van der Waals surface area contributed by atoms with Gasteiger partial charge in [-0.1, -0.05) is 73.2 Å². The molecule has 1 aliphatic rings. The molecule has 0 radical (unpaired) electrons. The zero-order chi connectivity index (χ0) is 12.4. The molecule has 90 valence electrons. The quantitative estimate of drug-likeness (QED) is 0.714. The molecule has 0 bridgehead atoms. The van der Waals surface area contributed by atoms with E-state index in [1.807, 2.05) is 0 Å². The first-order valence-electron chi connectivity index (χ1n) is 6.65. The van der Waals surface area contributed by atoms with E-state index in [1.54, 1.807) is 5.57 Å². The van der Waals surface area contributed by atoms with Gasteiger partial charge in [-0.25, -0.2) is 0 Å². The number of fused-ring (bicyclic) bond motifs is 1. The van der Waals surface area contributed by atoms with Crippen LogP contribution in [0.15, 0.2) is 60.2 Å². The van der Waals surface area contributed by atoms with Gasteiger partial charge in [0.25, 0.3) is 0 Å². The van der Waals surface area contributed by atoms with Gasteiger partial charge in [-0.15, -0.1) is 0 Å². The maximum atomic E-state index is 2.37. The Bertz CT molecular complexity index is 564. The van der Waals surface area contributed by atoms with E-state index in [0.29, 0.717) is 5.92 Å². The highest BCUT2D eigenvalue weighted by molar-refractivity contribution is 5.63. The maximum Gasteiger partial charge on any atom is -0.00576 e. The molecule has 0 heterocycles. The Morgan fingerprint density at radius 1 is 0.944 bits per heavy atom. The molecule has 1 atom stereocenters. The SMILES string of the molecule is C[C@H](CC1=Cc2ccccc2C1)c1ccccc1. The van der Waals surface area contributed by atoms with Crippen molar-refractivity contribution in [3.63, 3.8) is 0 Å². The highest BCUT2D eigenvalue weighted by atomic mass is 14.2. The standard InChI is InChI=1S/C18H18/c1-14(16-7-3-2-4-8-16)11-15-12-17-9-5-6-10-18(17)13-15/h2-10,12,14H,11,13H2,1H3/t14-/m1/s1. The third-order valence-corrected chi connectivity index (χ3v) is 3.77. The van der Waals surface area contributed by atoms with Crippen molar-refractivity contribution in [3.05, 3.63) is 76.9 Å². The lowest BCUT2D eigenvalue weighted by Gasteiger charge is -2.12. The molecule has 0 aromatic heterocycles. The van der Waals surface area contributed by atoms with E-state index in [-0.39, 0.29) is 0 Å². The van der Waals surface area contributed by atoms with E-state index < -0.39 is 0 Å². The third kappa shape index (κ3) is 2.24. The highest BCUT2D eigenvalue weighted by Gasteiger charge is 2.14. The van der Waals surface area contributed by atoms with Crippen LogP contribution in [0, 0.1) is 0 Å². The first kappa shape index (κ1) is 11.3. The largest absolute Gasteiger partial charge is 0.0646 e. The van der Waals surface area contributed by atoms with Crippen LogP contribution < -0.4 is 0 Å². The number of hydrogen-bond acceptors (Lipinski definition) is 0.